The van der Waals surface area contributed by atoms with Crippen LogP contribution in [0.25, 0.3) is 0 Å². The van der Waals surface area contributed by atoms with E-state index in [2.05, 4.69) is 10.2 Å². The maximum Gasteiger partial charge on any atom is 0.317 e. The first-order chi connectivity index (χ1) is 11.5. The Hall–Kier alpha value is -2.38. The minimum atomic E-state index is -0.915. The van der Waals surface area contributed by atoms with Crippen molar-refractivity contribution in [2.45, 2.75) is 20.0 Å². The molecule has 1 aliphatic rings. The standard InChI is InChI=1S/C16H16ClN3O4/c1-10-2-3-12(19-18-10)7-20(8-15(21)22)6-11-4-13(17)16-14(5-11)23-9-24-16/h2-5H,6-9H2,1H3,(H,21,22). The number of halogens is 1. The molecule has 7 nitrogen and oxygen atoms in total. The summed E-state index contributed by atoms with van der Waals surface area (Å²) in [6.07, 6.45) is 0. The second kappa shape index (κ2) is 7.02. The molecule has 2 aromatic rings. The second-order valence-electron chi connectivity index (χ2n) is 5.52. The van der Waals surface area contributed by atoms with E-state index < -0.39 is 5.97 Å². The molecule has 0 atom stereocenters. The maximum absolute atomic E-state index is 11.1. The molecule has 8 heteroatoms. The molecule has 3 rings (SSSR count). The minimum absolute atomic E-state index is 0.123. The fourth-order valence-corrected chi connectivity index (χ4v) is 2.76. The third kappa shape index (κ3) is 3.93. The van der Waals surface area contributed by atoms with Crippen molar-refractivity contribution in [2.75, 3.05) is 13.3 Å². The Morgan fingerprint density at radius 2 is 2.12 bits per heavy atom. The Morgan fingerprint density at radius 1 is 1.29 bits per heavy atom. The van der Waals surface area contributed by atoms with E-state index in [4.69, 9.17) is 26.2 Å². The Labute approximate surface area is 143 Å². The number of ether oxygens (including phenoxy) is 2. The number of aryl methyl sites for hydroxylation is 1. The molecule has 1 aromatic heterocycles. The smallest absolute Gasteiger partial charge is 0.317 e. The van der Waals surface area contributed by atoms with Crippen LogP contribution in [0.5, 0.6) is 11.5 Å². The van der Waals surface area contributed by atoms with Crippen molar-refractivity contribution in [1.82, 2.24) is 15.1 Å². The van der Waals surface area contributed by atoms with Gasteiger partial charge in [-0.1, -0.05) is 11.6 Å². The van der Waals surface area contributed by atoms with Gasteiger partial charge in [-0.2, -0.15) is 10.2 Å². The van der Waals surface area contributed by atoms with Gasteiger partial charge >= 0.3 is 5.97 Å². The Morgan fingerprint density at radius 3 is 2.83 bits per heavy atom. The highest BCUT2D eigenvalue weighted by atomic mass is 35.5. The number of nitrogens with zero attached hydrogens (tertiary/aromatic N) is 3. The monoisotopic (exact) mass is 349 g/mol. The van der Waals surface area contributed by atoms with Gasteiger partial charge in [0.2, 0.25) is 6.79 Å². The van der Waals surface area contributed by atoms with E-state index in [0.29, 0.717) is 35.3 Å². The van der Waals surface area contributed by atoms with Crippen LogP contribution in [0, 0.1) is 6.92 Å². The highest BCUT2D eigenvalue weighted by molar-refractivity contribution is 6.32. The number of benzene rings is 1. The van der Waals surface area contributed by atoms with E-state index in [1.165, 1.54) is 0 Å². The van der Waals surface area contributed by atoms with Gasteiger partial charge in [0.1, 0.15) is 0 Å². The van der Waals surface area contributed by atoms with Crippen LogP contribution in [0.4, 0.5) is 0 Å². The van der Waals surface area contributed by atoms with Gasteiger partial charge in [0.05, 0.1) is 23.0 Å². The molecule has 0 saturated heterocycles. The van der Waals surface area contributed by atoms with Gasteiger partial charge < -0.3 is 14.6 Å². The number of fused-ring (bicyclic) bond motifs is 1. The van der Waals surface area contributed by atoms with Crippen LogP contribution in [0.3, 0.4) is 0 Å². The predicted octanol–water partition coefficient (Wildman–Crippen LogP) is 2.25. The zero-order valence-corrected chi connectivity index (χ0v) is 13.8. The van der Waals surface area contributed by atoms with Crippen molar-refractivity contribution in [2.24, 2.45) is 0 Å². The molecular formula is C16H16ClN3O4. The van der Waals surface area contributed by atoms with Gasteiger partial charge in [-0.15, -0.1) is 0 Å². The topological polar surface area (TPSA) is 84.8 Å². The van der Waals surface area contributed by atoms with Gasteiger partial charge in [-0.3, -0.25) is 9.69 Å². The summed E-state index contributed by atoms with van der Waals surface area (Å²) in [6, 6.07) is 7.25. The number of rotatable bonds is 6. The first-order valence-electron chi connectivity index (χ1n) is 7.32. The molecule has 126 valence electrons. The zero-order chi connectivity index (χ0) is 17.1. The average Bonchev–Trinajstić information content (AvgIpc) is 2.98. The van der Waals surface area contributed by atoms with E-state index in [-0.39, 0.29) is 13.3 Å². The predicted molar refractivity (Wildman–Crippen MR) is 86.1 cm³/mol. The lowest BCUT2D eigenvalue weighted by atomic mass is 10.1. The lowest BCUT2D eigenvalue weighted by molar-refractivity contribution is -0.138. The highest BCUT2D eigenvalue weighted by Crippen LogP contribution is 2.40. The summed E-state index contributed by atoms with van der Waals surface area (Å²) >= 11 is 6.18. The van der Waals surface area contributed by atoms with Crippen LogP contribution in [-0.2, 0) is 17.9 Å². The summed E-state index contributed by atoms with van der Waals surface area (Å²) in [5.41, 5.74) is 2.35. The number of aromatic nitrogens is 2. The SMILES string of the molecule is Cc1ccc(CN(CC(=O)O)Cc2cc(Cl)c3c(c2)OCO3)nn1. The Balaban J connectivity index is 1.78. The molecule has 0 fully saturated rings. The molecule has 0 amide bonds. The minimum Gasteiger partial charge on any atom is -0.480 e. The number of carboxylic acids is 1. The summed E-state index contributed by atoms with van der Waals surface area (Å²) in [5.74, 6) is 0.180. The fraction of sp³-hybridized carbons (Fsp3) is 0.312. The van der Waals surface area contributed by atoms with Crippen LogP contribution in [0.15, 0.2) is 24.3 Å². The van der Waals surface area contributed by atoms with Crippen molar-refractivity contribution in [1.29, 1.82) is 0 Å². The van der Waals surface area contributed by atoms with Gasteiger partial charge in [-0.05, 0) is 36.8 Å². The highest BCUT2D eigenvalue weighted by Gasteiger charge is 2.20. The van der Waals surface area contributed by atoms with E-state index in [1.54, 1.807) is 11.0 Å². The lowest BCUT2D eigenvalue weighted by Gasteiger charge is -2.20. The first kappa shape index (κ1) is 16.5. The maximum atomic E-state index is 11.1. The fourth-order valence-electron chi connectivity index (χ4n) is 2.47. The van der Waals surface area contributed by atoms with Gasteiger partial charge in [0, 0.05) is 13.1 Å². The molecule has 0 spiro atoms. The quantitative estimate of drug-likeness (QED) is 0.856. The average molecular weight is 350 g/mol. The van der Waals surface area contributed by atoms with Crippen LogP contribution < -0.4 is 9.47 Å². The van der Waals surface area contributed by atoms with Crippen molar-refractivity contribution < 1.29 is 19.4 Å². The van der Waals surface area contributed by atoms with Crippen molar-refractivity contribution >= 4 is 17.6 Å². The number of aliphatic carboxylic acids is 1. The molecule has 24 heavy (non-hydrogen) atoms. The molecule has 0 bridgehead atoms. The van der Waals surface area contributed by atoms with E-state index in [0.717, 1.165) is 11.3 Å². The third-order valence-corrected chi connectivity index (χ3v) is 3.77. The van der Waals surface area contributed by atoms with Gasteiger partial charge in [0.15, 0.2) is 11.5 Å². The summed E-state index contributed by atoms with van der Waals surface area (Å²) in [5, 5.41) is 17.7. The molecule has 0 aliphatic carbocycles. The number of hydrogen-bond donors (Lipinski definition) is 1. The molecular weight excluding hydrogens is 334 g/mol. The number of carboxylic acid groups (broad SMARTS) is 1. The summed E-state index contributed by atoms with van der Waals surface area (Å²) in [7, 11) is 0. The summed E-state index contributed by atoms with van der Waals surface area (Å²) in [6.45, 7) is 2.61. The Bertz CT molecular complexity index is 752. The van der Waals surface area contributed by atoms with Crippen molar-refractivity contribution in [3.05, 3.63) is 46.2 Å². The summed E-state index contributed by atoms with van der Waals surface area (Å²) in [4.78, 5) is 12.9. The van der Waals surface area contributed by atoms with Crippen LogP contribution in [0.1, 0.15) is 17.0 Å². The second-order valence-corrected chi connectivity index (χ2v) is 5.92. The molecule has 1 aromatic carbocycles. The van der Waals surface area contributed by atoms with E-state index >= 15 is 0 Å². The van der Waals surface area contributed by atoms with Crippen LogP contribution in [0.2, 0.25) is 5.02 Å². The van der Waals surface area contributed by atoms with Crippen molar-refractivity contribution in [3.8, 4) is 11.5 Å². The van der Waals surface area contributed by atoms with Crippen LogP contribution in [-0.4, -0.2) is 39.5 Å². The van der Waals surface area contributed by atoms with E-state index in [9.17, 15) is 4.79 Å². The lowest BCUT2D eigenvalue weighted by Crippen LogP contribution is -2.29. The zero-order valence-electron chi connectivity index (χ0n) is 13.0. The molecule has 1 N–H and O–H groups in total. The normalized spacial score (nSPS) is 12.6. The van der Waals surface area contributed by atoms with Crippen molar-refractivity contribution in [3.63, 3.8) is 0 Å². The first-order valence-corrected chi connectivity index (χ1v) is 7.70. The molecule has 2 heterocycles. The molecule has 1 aliphatic heterocycles. The molecule has 0 unspecified atom stereocenters. The summed E-state index contributed by atoms with van der Waals surface area (Å²) < 4.78 is 10.6. The van der Waals surface area contributed by atoms with Gasteiger partial charge in [-0.25, -0.2) is 0 Å². The van der Waals surface area contributed by atoms with Gasteiger partial charge in [0.25, 0.3) is 0 Å². The largest absolute Gasteiger partial charge is 0.480 e. The molecule has 0 saturated carbocycles. The van der Waals surface area contributed by atoms with Crippen LogP contribution >= 0.6 is 11.6 Å². The Kier molecular flexibility index (Phi) is 4.82. The number of carbonyl (C=O) groups is 1. The number of hydrogen-bond acceptors (Lipinski definition) is 6. The van der Waals surface area contributed by atoms with E-state index in [1.807, 2.05) is 25.1 Å². The third-order valence-electron chi connectivity index (χ3n) is 3.49. The molecule has 0 radical (unpaired) electrons.